The van der Waals surface area contributed by atoms with Crippen LogP contribution in [0.5, 0.6) is 0 Å². The van der Waals surface area contributed by atoms with Crippen LogP contribution in [-0.4, -0.2) is 24.5 Å². The fraction of sp³-hybridized carbons (Fsp3) is 0.278. The van der Waals surface area contributed by atoms with Crippen molar-refractivity contribution in [3.8, 4) is 6.07 Å². The van der Waals surface area contributed by atoms with Gasteiger partial charge in [-0.3, -0.25) is 4.79 Å². The van der Waals surface area contributed by atoms with Crippen molar-refractivity contribution < 1.29 is 4.79 Å². The van der Waals surface area contributed by atoms with E-state index in [9.17, 15) is 4.79 Å². The molecule has 0 saturated carbocycles. The first kappa shape index (κ1) is 16.5. The van der Waals surface area contributed by atoms with Crippen molar-refractivity contribution in [2.45, 2.75) is 20.8 Å². The maximum atomic E-state index is 12.3. The molecule has 0 aliphatic heterocycles. The van der Waals surface area contributed by atoms with Crippen LogP contribution < -0.4 is 10.2 Å². The molecule has 0 atom stereocenters. The van der Waals surface area contributed by atoms with E-state index < -0.39 is 0 Å². The number of benzene rings is 1. The van der Waals surface area contributed by atoms with E-state index in [0.29, 0.717) is 11.5 Å². The third-order valence-corrected chi connectivity index (χ3v) is 3.56. The third-order valence-electron chi connectivity index (χ3n) is 3.56. The molecule has 0 aliphatic rings. The van der Waals surface area contributed by atoms with Gasteiger partial charge in [-0.05, 0) is 44.0 Å². The van der Waals surface area contributed by atoms with Crippen molar-refractivity contribution in [2.24, 2.45) is 0 Å². The third kappa shape index (κ3) is 4.07. The SMILES string of the molecule is Cc1cc(C)c(NC(=O)CN(C)c2cccc(C#N)n2)c(C)c1. The minimum absolute atomic E-state index is 0.119. The molecule has 1 heterocycles. The Morgan fingerprint density at radius 1 is 1.26 bits per heavy atom. The van der Waals surface area contributed by atoms with Gasteiger partial charge in [-0.15, -0.1) is 0 Å². The number of hydrogen-bond donors (Lipinski definition) is 1. The Balaban J connectivity index is 2.09. The number of rotatable bonds is 4. The van der Waals surface area contributed by atoms with E-state index in [2.05, 4.69) is 10.3 Å². The Morgan fingerprint density at radius 2 is 1.91 bits per heavy atom. The van der Waals surface area contributed by atoms with Gasteiger partial charge in [0, 0.05) is 12.7 Å². The molecule has 1 N–H and O–H groups in total. The average Bonchev–Trinajstić information content (AvgIpc) is 2.50. The van der Waals surface area contributed by atoms with Crippen molar-refractivity contribution in [3.05, 3.63) is 52.7 Å². The number of anilines is 2. The summed E-state index contributed by atoms with van der Waals surface area (Å²) < 4.78 is 0. The average molecular weight is 308 g/mol. The maximum Gasteiger partial charge on any atom is 0.243 e. The molecule has 1 aromatic carbocycles. The van der Waals surface area contributed by atoms with Crippen LogP contribution in [-0.2, 0) is 4.79 Å². The van der Waals surface area contributed by atoms with Crippen LogP contribution in [0.1, 0.15) is 22.4 Å². The summed E-state index contributed by atoms with van der Waals surface area (Å²) in [6, 6.07) is 11.3. The molecular formula is C18H20N4O. The first-order valence-electron chi connectivity index (χ1n) is 7.36. The van der Waals surface area contributed by atoms with Gasteiger partial charge in [-0.25, -0.2) is 4.98 Å². The van der Waals surface area contributed by atoms with Gasteiger partial charge < -0.3 is 10.2 Å². The van der Waals surface area contributed by atoms with E-state index in [-0.39, 0.29) is 12.5 Å². The second kappa shape index (κ2) is 6.93. The normalized spacial score (nSPS) is 10.0. The van der Waals surface area contributed by atoms with E-state index in [0.717, 1.165) is 16.8 Å². The highest BCUT2D eigenvalue weighted by Gasteiger charge is 2.12. The van der Waals surface area contributed by atoms with Gasteiger partial charge in [0.15, 0.2) is 0 Å². The van der Waals surface area contributed by atoms with E-state index in [1.807, 2.05) is 39.0 Å². The second-order valence-corrected chi connectivity index (χ2v) is 5.67. The molecule has 0 spiro atoms. The van der Waals surface area contributed by atoms with Crippen molar-refractivity contribution in [1.29, 1.82) is 5.26 Å². The lowest BCUT2D eigenvalue weighted by Crippen LogP contribution is -2.31. The Hall–Kier alpha value is -2.87. The van der Waals surface area contributed by atoms with Crippen molar-refractivity contribution >= 4 is 17.4 Å². The molecule has 5 nitrogen and oxygen atoms in total. The lowest BCUT2D eigenvalue weighted by Gasteiger charge is -2.19. The van der Waals surface area contributed by atoms with Gasteiger partial charge in [0.25, 0.3) is 0 Å². The molecule has 0 bridgehead atoms. The number of pyridine rings is 1. The number of hydrogen-bond acceptors (Lipinski definition) is 4. The van der Waals surface area contributed by atoms with Crippen LogP contribution in [0, 0.1) is 32.1 Å². The molecule has 0 radical (unpaired) electrons. The van der Waals surface area contributed by atoms with Crippen molar-refractivity contribution in [3.63, 3.8) is 0 Å². The van der Waals surface area contributed by atoms with Gasteiger partial charge in [0.2, 0.25) is 5.91 Å². The zero-order chi connectivity index (χ0) is 17.0. The summed E-state index contributed by atoms with van der Waals surface area (Å²) >= 11 is 0. The molecule has 1 amide bonds. The predicted octanol–water partition coefficient (Wildman–Crippen LogP) is 2.95. The number of aryl methyl sites for hydroxylation is 3. The van der Waals surface area contributed by atoms with Crippen LogP contribution in [0.15, 0.2) is 30.3 Å². The lowest BCUT2D eigenvalue weighted by atomic mass is 10.1. The molecule has 0 saturated heterocycles. The van der Waals surface area contributed by atoms with Gasteiger partial charge in [-0.1, -0.05) is 23.8 Å². The zero-order valence-corrected chi connectivity index (χ0v) is 13.8. The monoisotopic (exact) mass is 308 g/mol. The number of nitriles is 1. The number of nitrogens with one attached hydrogen (secondary N) is 1. The summed E-state index contributed by atoms with van der Waals surface area (Å²) in [6.07, 6.45) is 0. The molecule has 2 rings (SSSR count). The second-order valence-electron chi connectivity index (χ2n) is 5.67. The Labute approximate surface area is 136 Å². The van der Waals surface area contributed by atoms with Crippen LogP contribution in [0.3, 0.4) is 0 Å². The van der Waals surface area contributed by atoms with Gasteiger partial charge >= 0.3 is 0 Å². The molecule has 23 heavy (non-hydrogen) atoms. The largest absolute Gasteiger partial charge is 0.350 e. The van der Waals surface area contributed by atoms with Crippen LogP contribution in [0.4, 0.5) is 11.5 Å². The zero-order valence-electron chi connectivity index (χ0n) is 13.8. The number of carbonyl (C=O) groups is 1. The molecule has 1 aromatic heterocycles. The van der Waals surface area contributed by atoms with E-state index in [4.69, 9.17) is 5.26 Å². The Morgan fingerprint density at radius 3 is 2.52 bits per heavy atom. The summed E-state index contributed by atoms with van der Waals surface area (Å²) in [7, 11) is 1.78. The van der Waals surface area contributed by atoms with Gasteiger partial charge in [0.05, 0.1) is 6.54 Å². The van der Waals surface area contributed by atoms with Gasteiger partial charge in [0.1, 0.15) is 17.6 Å². The van der Waals surface area contributed by atoms with Crippen molar-refractivity contribution in [2.75, 3.05) is 23.8 Å². The number of aromatic nitrogens is 1. The molecule has 0 fully saturated rings. The molecule has 2 aromatic rings. The van der Waals surface area contributed by atoms with Crippen LogP contribution in [0.2, 0.25) is 0 Å². The number of nitrogens with zero attached hydrogens (tertiary/aromatic N) is 3. The van der Waals surface area contributed by atoms with E-state index >= 15 is 0 Å². The highest BCUT2D eigenvalue weighted by atomic mass is 16.2. The number of likely N-dealkylation sites (N-methyl/N-ethyl adjacent to an activating group) is 1. The molecule has 5 heteroatoms. The summed E-state index contributed by atoms with van der Waals surface area (Å²) in [5.74, 6) is 0.475. The topological polar surface area (TPSA) is 69.0 Å². The summed E-state index contributed by atoms with van der Waals surface area (Å²) in [6.45, 7) is 6.16. The van der Waals surface area contributed by atoms with Crippen LogP contribution >= 0.6 is 0 Å². The molecule has 0 unspecified atom stereocenters. The van der Waals surface area contributed by atoms with Crippen molar-refractivity contribution in [1.82, 2.24) is 4.98 Å². The van der Waals surface area contributed by atoms with Gasteiger partial charge in [-0.2, -0.15) is 5.26 Å². The molecule has 118 valence electrons. The fourth-order valence-electron chi connectivity index (χ4n) is 2.55. The Bertz CT molecular complexity index is 754. The Kier molecular flexibility index (Phi) is 4.97. The highest BCUT2D eigenvalue weighted by Crippen LogP contribution is 2.22. The van der Waals surface area contributed by atoms with Crippen LogP contribution in [0.25, 0.3) is 0 Å². The first-order valence-corrected chi connectivity index (χ1v) is 7.36. The summed E-state index contributed by atoms with van der Waals surface area (Å²) in [5, 5.41) is 11.9. The predicted molar refractivity (Wildman–Crippen MR) is 91.5 cm³/mol. The number of amides is 1. The molecule has 0 aliphatic carbocycles. The molecular weight excluding hydrogens is 288 g/mol. The summed E-state index contributed by atoms with van der Waals surface area (Å²) in [4.78, 5) is 18.2. The fourth-order valence-corrected chi connectivity index (χ4v) is 2.55. The minimum atomic E-state index is -0.119. The quantitative estimate of drug-likeness (QED) is 0.943. The highest BCUT2D eigenvalue weighted by molar-refractivity contribution is 5.95. The standard InChI is InChI=1S/C18H20N4O/c1-12-8-13(2)18(14(3)9-12)21-17(23)11-22(4)16-7-5-6-15(10-19)20-16/h5-9H,11H2,1-4H3,(H,21,23). The summed E-state index contributed by atoms with van der Waals surface area (Å²) in [5.41, 5.74) is 4.45. The number of carbonyl (C=O) groups excluding carboxylic acids is 1. The van der Waals surface area contributed by atoms with E-state index in [1.54, 1.807) is 30.1 Å². The lowest BCUT2D eigenvalue weighted by molar-refractivity contribution is -0.114. The smallest absolute Gasteiger partial charge is 0.243 e. The maximum absolute atomic E-state index is 12.3. The minimum Gasteiger partial charge on any atom is -0.350 e. The van der Waals surface area contributed by atoms with E-state index in [1.165, 1.54) is 5.56 Å². The first-order chi connectivity index (χ1) is 10.9.